The lowest BCUT2D eigenvalue weighted by Crippen LogP contribution is -2.17. The van der Waals surface area contributed by atoms with E-state index in [0.29, 0.717) is 17.7 Å². The SMILES string of the molecule is CCOC(=O)c1c(-n2c(C)cc(/C=N\NC(=O)c3ccc(-c4csc(Nc5ccc(C)cc5)n4)cc3)c2C)sc2c1CCCC2. The van der Waals surface area contributed by atoms with Gasteiger partial charge < -0.3 is 14.6 Å². The lowest BCUT2D eigenvalue weighted by atomic mass is 9.95. The van der Waals surface area contributed by atoms with Gasteiger partial charge in [-0.25, -0.2) is 15.2 Å². The lowest BCUT2D eigenvalue weighted by molar-refractivity contribution is 0.0525. The van der Waals surface area contributed by atoms with Gasteiger partial charge >= 0.3 is 5.97 Å². The van der Waals surface area contributed by atoms with Crippen molar-refractivity contribution >= 4 is 51.6 Å². The fourth-order valence-corrected chi connectivity index (χ4v) is 7.82. The van der Waals surface area contributed by atoms with Gasteiger partial charge in [-0.2, -0.15) is 5.10 Å². The number of ether oxygens (including phenoxy) is 1. The molecule has 0 aliphatic heterocycles. The van der Waals surface area contributed by atoms with E-state index in [1.54, 1.807) is 29.7 Å². The second-order valence-electron chi connectivity index (χ2n) is 11.1. The number of thiazole rings is 1. The summed E-state index contributed by atoms with van der Waals surface area (Å²) in [4.78, 5) is 31.9. The summed E-state index contributed by atoms with van der Waals surface area (Å²) >= 11 is 3.21. The smallest absolute Gasteiger partial charge is 0.341 e. The molecular formula is C35H35N5O3S2. The van der Waals surface area contributed by atoms with Gasteiger partial charge in [0.05, 0.1) is 24.1 Å². The van der Waals surface area contributed by atoms with Gasteiger partial charge in [-0.3, -0.25) is 4.79 Å². The van der Waals surface area contributed by atoms with Gasteiger partial charge in [0.15, 0.2) is 5.13 Å². The van der Waals surface area contributed by atoms with Crippen molar-refractivity contribution in [3.63, 3.8) is 0 Å². The standard InChI is InChI=1S/C35H35N5O3S2/c1-5-43-34(42)31-28-8-6-7-9-30(28)45-33(31)40-22(3)18-26(23(40)4)19-36-39-32(41)25-14-12-24(13-15-25)29-20-44-35(38-29)37-27-16-10-21(2)11-17-27/h10-20H,5-9H2,1-4H3,(H,37,38)(H,39,41)/b36-19-. The highest BCUT2D eigenvalue weighted by molar-refractivity contribution is 7.15. The Kier molecular flexibility index (Phi) is 8.95. The van der Waals surface area contributed by atoms with Gasteiger partial charge in [0.2, 0.25) is 0 Å². The number of rotatable bonds is 9. The maximum Gasteiger partial charge on any atom is 0.341 e. The summed E-state index contributed by atoms with van der Waals surface area (Å²) < 4.78 is 7.58. The Bertz CT molecular complexity index is 1880. The van der Waals surface area contributed by atoms with E-state index in [1.165, 1.54) is 21.8 Å². The third-order valence-electron chi connectivity index (χ3n) is 7.93. The van der Waals surface area contributed by atoms with E-state index < -0.39 is 0 Å². The number of anilines is 2. The van der Waals surface area contributed by atoms with Crippen LogP contribution in [0.4, 0.5) is 10.8 Å². The van der Waals surface area contributed by atoms with Crippen LogP contribution in [0.2, 0.25) is 0 Å². The number of hydrazone groups is 1. The number of nitrogens with zero attached hydrogens (tertiary/aromatic N) is 3. The summed E-state index contributed by atoms with van der Waals surface area (Å²) in [6, 6.07) is 17.5. The number of carbonyl (C=O) groups is 2. The highest BCUT2D eigenvalue weighted by atomic mass is 32.1. The van der Waals surface area contributed by atoms with E-state index >= 15 is 0 Å². The molecule has 10 heteroatoms. The minimum absolute atomic E-state index is 0.262. The molecule has 0 saturated carbocycles. The average molecular weight is 638 g/mol. The fourth-order valence-electron chi connectivity index (χ4n) is 5.60. The molecule has 0 radical (unpaired) electrons. The second kappa shape index (κ2) is 13.2. The van der Waals surface area contributed by atoms with Crippen molar-refractivity contribution in [3.8, 4) is 16.3 Å². The summed E-state index contributed by atoms with van der Waals surface area (Å²) in [6.07, 6.45) is 5.76. The molecule has 2 aromatic carbocycles. The molecule has 3 heterocycles. The summed E-state index contributed by atoms with van der Waals surface area (Å²) in [5, 5.41) is 11.3. The van der Waals surface area contributed by atoms with Crippen LogP contribution in [0, 0.1) is 20.8 Å². The Morgan fingerprint density at radius 2 is 1.80 bits per heavy atom. The number of fused-ring (bicyclic) bond motifs is 1. The quantitative estimate of drug-likeness (QED) is 0.0966. The number of esters is 1. The Hall–Kier alpha value is -4.54. The number of hydrogen-bond acceptors (Lipinski definition) is 8. The third-order valence-corrected chi connectivity index (χ3v) is 9.96. The van der Waals surface area contributed by atoms with Crippen molar-refractivity contribution in [2.24, 2.45) is 5.10 Å². The average Bonchev–Trinajstić information content (AvgIpc) is 3.73. The largest absolute Gasteiger partial charge is 0.462 e. The first-order valence-electron chi connectivity index (χ1n) is 15.1. The zero-order valence-electron chi connectivity index (χ0n) is 25.8. The summed E-state index contributed by atoms with van der Waals surface area (Å²) in [6.45, 7) is 8.25. The number of nitrogens with one attached hydrogen (secondary N) is 2. The molecule has 0 spiro atoms. The molecule has 3 aromatic heterocycles. The second-order valence-corrected chi connectivity index (χ2v) is 13.0. The predicted octanol–water partition coefficient (Wildman–Crippen LogP) is 8.15. The van der Waals surface area contributed by atoms with Crippen LogP contribution in [0.1, 0.15) is 73.4 Å². The third kappa shape index (κ3) is 6.48. The summed E-state index contributed by atoms with van der Waals surface area (Å²) in [5.41, 5.74) is 11.7. The van der Waals surface area contributed by atoms with Crippen molar-refractivity contribution in [3.05, 3.63) is 104 Å². The number of aromatic nitrogens is 2. The van der Waals surface area contributed by atoms with Crippen molar-refractivity contribution in [1.82, 2.24) is 15.0 Å². The molecule has 0 atom stereocenters. The summed E-state index contributed by atoms with van der Waals surface area (Å²) in [5.74, 6) is -0.566. The molecule has 45 heavy (non-hydrogen) atoms. The maximum atomic E-state index is 13.1. The fraction of sp³-hybridized carbons (Fsp3) is 0.257. The lowest BCUT2D eigenvalue weighted by Gasteiger charge is -2.13. The van der Waals surface area contributed by atoms with Crippen molar-refractivity contribution in [2.45, 2.75) is 53.4 Å². The number of benzene rings is 2. The minimum Gasteiger partial charge on any atom is -0.462 e. The predicted molar refractivity (Wildman–Crippen MR) is 183 cm³/mol. The van der Waals surface area contributed by atoms with Crippen LogP contribution in [0.15, 0.2) is 65.1 Å². The molecule has 1 aliphatic rings. The zero-order chi connectivity index (χ0) is 31.5. The number of hydrogen-bond donors (Lipinski definition) is 2. The number of carbonyl (C=O) groups excluding carboxylic acids is 2. The monoisotopic (exact) mass is 637 g/mol. The molecule has 0 saturated heterocycles. The molecule has 8 nitrogen and oxygen atoms in total. The number of thiophene rings is 1. The van der Waals surface area contributed by atoms with Gasteiger partial charge in [0.1, 0.15) is 5.00 Å². The summed E-state index contributed by atoms with van der Waals surface area (Å²) in [7, 11) is 0. The van der Waals surface area contributed by atoms with Crippen LogP contribution < -0.4 is 10.7 Å². The van der Waals surface area contributed by atoms with Gasteiger partial charge in [0, 0.05) is 44.0 Å². The van der Waals surface area contributed by atoms with Crippen LogP contribution in [0.3, 0.4) is 0 Å². The first-order valence-corrected chi connectivity index (χ1v) is 16.8. The molecule has 0 bridgehead atoms. The molecule has 1 aliphatic carbocycles. The van der Waals surface area contributed by atoms with E-state index in [-0.39, 0.29) is 11.9 Å². The number of aryl methyl sites for hydroxylation is 3. The molecule has 6 rings (SSSR count). The van der Waals surface area contributed by atoms with Gasteiger partial charge in [0.25, 0.3) is 5.91 Å². The first kappa shape index (κ1) is 30.5. The Morgan fingerprint density at radius 1 is 1.04 bits per heavy atom. The molecule has 0 unspecified atom stereocenters. The Balaban J connectivity index is 1.14. The van der Waals surface area contributed by atoms with Crippen LogP contribution in [-0.4, -0.2) is 34.2 Å². The molecule has 1 amide bonds. The van der Waals surface area contributed by atoms with Gasteiger partial charge in [-0.05, 0) is 89.3 Å². The van der Waals surface area contributed by atoms with Crippen molar-refractivity contribution < 1.29 is 14.3 Å². The highest BCUT2D eigenvalue weighted by Crippen LogP contribution is 2.39. The van der Waals surface area contributed by atoms with Crippen LogP contribution in [-0.2, 0) is 17.6 Å². The molecule has 0 fully saturated rings. The Morgan fingerprint density at radius 3 is 2.56 bits per heavy atom. The van der Waals surface area contributed by atoms with Crippen LogP contribution in [0.25, 0.3) is 16.3 Å². The van der Waals surface area contributed by atoms with E-state index in [2.05, 4.69) is 39.5 Å². The van der Waals surface area contributed by atoms with E-state index in [4.69, 9.17) is 9.72 Å². The van der Waals surface area contributed by atoms with Gasteiger partial charge in [-0.15, -0.1) is 22.7 Å². The normalized spacial score (nSPS) is 12.7. The molecular weight excluding hydrogens is 603 g/mol. The van der Waals surface area contributed by atoms with E-state index in [9.17, 15) is 9.59 Å². The molecule has 5 aromatic rings. The highest BCUT2D eigenvalue weighted by Gasteiger charge is 2.28. The van der Waals surface area contributed by atoms with Crippen LogP contribution >= 0.6 is 22.7 Å². The van der Waals surface area contributed by atoms with E-state index in [1.807, 2.05) is 56.5 Å². The van der Waals surface area contributed by atoms with Crippen LogP contribution in [0.5, 0.6) is 0 Å². The number of amides is 1. The first-order chi connectivity index (χ1) is 21.8. The molecule has 230 valence electrons. The zero-order valence-corrected chi connectivity index (χ0v) is 27.4. The molecule has 2 N–H and O–H groups in total. The maximum absolute atomic E-state index is 13.1. The Labute approximate surface area is 270 Å². The minimum atomic E-state index is -0.304. The topological polar surface area (TPSA) is 97.6 Å². The van der Waals surface area contributed by atoms with Gasteiger partial charge in [-0.1, -0.05) is 29.8 Å². The van der Waals surface area contributed by atoms with Crippen molar-refractivity contribution in [2.75, 3.05) is 11.9 Å². The van der Waals surface area contributed by atoms with E-state index in [0.717, 1.165) is 75.3 Å². The van der Waals surface area contributed by atoms with Crippen molar-refractivity contribution in [1.29, 1.82) is 0 Å².